The minimum atomic E-state index is 0.160. The molecule has 0 aliphatic heterocycles. The van der Waals surface area contributed by atoms with E-state index in [1.807, 2.05) is 0 Å². The van der Waals surface area contributed by atoms with Crippen LogP contribution in [-0.2, 0) is 13.0 Å². The van der Waals surface area contributed by atoms with Gasteiger partial charge in [0.2, 0.25) is 0 Å². The molecule has 92 valence electrons. The van der Waals surface area contributed by atoms with Crippen LogP contribution in [0.4, 0.5) is 0 Å². The van der Waals surface area contributed by atoms with Crippen LogP contribution in [-0.4, -0.2) is 36.1 Å². The molecule has 0 saturated heterocycles. The van der Waals surface area contributed by atoms with E-state index in [1.54, 1.807) is 11.3 Å². The van der Waals surface area contributed by atoms with Crippen LogP contribution in [0.2, 0.25) is 0 Å². The zero-order valence-electron chi connectivity index (χ0n) is 11.0. The normalized spacial score (nSPS) is 12.4. The van der Waals surface area contributed by atoms with Crippen LogP contribution in [0, 0.1) is 0 Å². The lowest BCUT2D eigenvalue weighted by atomic mass is 10.1. The average Bonchev–Trinajstić information content (AvgIpc) is 2.58. The fourth-order valence-electron chi connectivity index (χ4n) is 1.22. The van der Waals surface area contributed by atoms with Gasteiger partial charge in [0.25, 0.3) is 0 Å². The zero-order valence-corrected chi connectivity index (χ0v) is 11.8. The van der Waals surface area contributed by atoms with Crippen molar-refractivity contribution in [2.75, 3.05) is 20.6 Å². The third kappa shape index (κ3) is 5.58. The molecule has 0 aromatic carbocycles. The van der Waals surface area contributed by atoms with Crippen LogP contribution in [0.5, 0.6) is 0 Å². The average molecular weight is 241 g/mol. The van der Waals surface area contributed by atoms with Gasteiger partial charge < -0.3 is 10.2 Å². The first kappa shape index (κ1) is 13.6. The topological polar surface area (TPSA) is 28.2 Å². The Balaban J connectivity index is 2.39. The molecule has 0 aliphatic rings. The SMILES string of the molecule is CN(C)CCc1nc(CNC(C)(C)C)cs1. The summed E-state index contributed by atoms with van der Waals surface area (Å²) in [7, 11) is 4.19. The predicted octanol–water partition coefficient (Wildman–Crippen LogP) is 2.14. The molecule has 1 aromatic heterocycles. The summed E-state index contributed by atoms with van der Waals surface area (Å²) in [6, 6.07) is 0. The van der Waals surface area contributed by atoms with Gasteiger partial charge in [-0.25, -0.2) is 4.98 Å². The van der Waals surface area contributed by atoms with Gasteiger partial charge in [-0.05, 0) is 34.9 Å². The standard InChI is InChI=1S/C12H23N3S/c1-12(2,3)13-8-10-9-16-11(14-10)6-7-15(4)5/h9,13H,6-8H2,1-5H3. The molecule has 0 radical (unpaired) electrons. The van der Waals surface area contributed by atoms with Crippen LogP contribution < -0.4 is 5.32 Å². The Labute approximate surface area is 103 Å². The van der Waals surface area contributed by atoms with Gasteiger partial charge in [-0.1, -0.05) is 0 Å². The Hall–Kier alpha value is -0.450. The number of hydrogen-bond acceptors (Lipinski definition) is 4. The molecule has 4 heteroatoms. The summed E-state index contributed by atoms with van der Waals surface area (Å²) < 4.78 is 0. The van der Waals surface area contributed by atoms with Gasteiger partial charge in [0, 0.05) is 30.4 Å². The molecule has 1 N–H and O–H groups in total. The van der Waals surface area contributed by atoms with E-state index in [1.165, 1.54) is 5.01 Å². The highest BCUT2D eigenvalue weighted by Crippen LogP contribution is 2.11. The lowest BCUT2D eigenvalue weighted by molar-refractivity contribution is 0.411. The van der Waals surface area contributed by atoms with E-state index in [0.717, 1.165) is 25.2 Å². The number of nitrogens with one attached hydrogen (secondary N) is 1. The number of thiazole rings is 1. The summed E-state index contributed by atoms with van der Waals surface area (Å²) in [5, 5.41) is 6.84. The van der Waals surface area contributed by atoms with E-state index in [2.05, 4.69) is 55.4 Å². The summed E-state index contributed by atoms with van der Waals surface area (Å²) in [6.07, 6.45) is 1.05. The maximum absolute atomic E-state index is 4.61. The van der Waals surface area contributed by atoms with Crippen molar-refractivity contribution in [2.45, 2.75) is 39.3 Å². The second-order valence-electron chi connectivity index (χ2n) is 5.39. The summed E-state index contributed by atoms with van der Waals surface area (Å²) >= 11 is 1.76. The fourth-order valence-corrected chi connectivity index (χ4v) is 2.01. The highest BCUT2D eigenvalue weighted by Gasteiger charge is 2.10. The van der Waals surface area contributed by atoms with Crippen molar-refractivity contribution in [2.24, 2.45) is 0 Å². The maximum atomic E-state index is 4.61. The summed E-state index contributed by atoms with van der Waals surface area (Å²) in [5.74, 6) is 0. The number of likely N-dealkylation sites (N-methyl/N-ethyl adjacent to an activating group) is 1. The lowest BCUT2D eigenvalue weighted by Crippen LogP contribution is -2.35. The highest BCUT2D eigenvalue weighted by atomic mass is 32.1. The van der Waals surface area contributed by atoms with Crippen molar-refractivity contribution in [3.63, 3.8) is 0 Å². The summed E-state index contributed by atoms with van der Waals surface area (Å²) in [6.45, 7) is 8.45. The molecule has 16 heavy (non-hydrogen) atoms. The molecule has 0 atom stereocenters. The Morgan fingerprint density at radius 3 is 2.62 bits per heavy atom. The summed E-state index contributed by atoms with van der Waals surface area (Å²) in [4.78, 5) is 6.80. The molecule has 0 unspecified atom stereocenters. The van der Waals surface area contributed by atoms with Crippen LogP contribution in [0.15, 0.2) is 5.38 Å². The third-order valence-corrected chi connectivity index (χ3v) is 3.13. The van der Waals surface area contributed by atoms with Gasteiger partial charge in [0.1, 0.15) is 0 Å². The van der Waals surface area contributed by atoms with Crippen molar-refractivity contribution in [1.82, 2.24) is 15.2 Å². The first-order valence-corrected chi connectivity index (χ1v) is 6.58. The second kappa shape index (κ2) is 5.75. The summed E-state index contributed by atoms with van der Waals surface area (Å²) in [5.41, 5.74) is 1.32. The largest absolute Gasteiger partial charge is 0.309 e. The van der Waals surface area contributed by atoms with E-state index in [4.69, 9.17) is 0 Å². The molecular formula is C12H23N3S. The minimum Gasteiger partial charge on any atom is -0.309 e. The van der Waals surface area contributed by atoms with Crippen LogP contribution in [0.1, 0.15) is 31.5 Å². The van der Waals surface area contributed by atoms with Crippen molar-refractivity contribution in [3.05, 3.63) is 16.1 Å². The molecule has 3 nitrogen and oxygen atoms in total. The van der Waals surface area contributed by atoms with Gasteiger partial charge in [-0.15, -0.1) is 11.3 Å². The van der Waals surface area contributed by atoms with E-state index >= 15 is 0 Å². The van der Waals surface area contributed by atoms with Crippen molar-refractivity contribution < 1.29 is 0 Å². The molecule has 0 amide bonds. The van der Waals surface area contributed by atoms with Gasteiger partial charge in [0.05, 0.1) is 10.7 Å². The Morgan fingerprint density at radius 1 is 1.38 bits per heavy atom. The van der Waals surface area contributed by atoms with E-state index in [0.29, 0.717) is 0 Å². The smallest absolute Gasteiger partial charge is 0.0941 e. The number of rotatable bonds is 5. The number of hydrogen-bond donors (Lipinski definition) is 1. The molecule has 0 saturated carbocycles. The monoisotopic (exact) mass is 241 g/mol. The van der Waals surface area contributed by atoms with Crippen LogP contribution in [0.3, 0.4) is 0 Å². The van der Waals surface area contributed by atoms with Crippen molar-refractivity contribution in [1.29, 1.82) is 0 Å². The molecular weight excluding hydrogens is 218 g/mol. The highest BCUT2D eigenvalue weighted by molar-refractivity contribution is 7.09. The zero-order chi connectivity index (χ0) is 12.2. The van der Waals surface area contributed by atoms with E-state index in [9.17, 15) is 0 Å². The quantitative estimate of drug-likeness (QED) is 0.856. The Kier molecular flexibility index (Phi) is 4.89. The number of nitrogens with zero attached hydrogens (tertiary/aromatic N) is 2. The molecule has 1 heterocycles. The Morgan fingerprint density at radius 2 is 2.06 bits per heavy atom. The lowest BCUT2D eigenvalue weighted by Gasteiger charge is -2.19. The third-order valence-electron chi connectivity index (χ3n) is 2.17. The molecule has 0 spiro atoms. The minimum absolute atomic E-state index is 0.160. The van der Waals surface area contributed by atoms with Gasteiger partial charge in [0.15, 0.2) is 0 Å². The van der Waals surface area contributed by atoms with Crippen LogP contribution in [0.25, 0.3) is 0 Å². The molecule has 0 aliphatic carbocycles. The Bertz CT molecular complexity index is 312. The van der Waals surface area contributed by atoms with Gasteiger partial charge in [-0.3, -0.25) is 0 Å². The van der Waals surface area contributed by atoms with Crippen LogP contribution >= 0.6 is 11.3 Å². The first-order valence-electron chi connectivity index (χ1n) is 5.70. The van der Waals surface area contributed by atoms with E-state index < -0.39 is 0 Å². The molecule has 0 bridgehead atoms. The van der Waals surface area contributed by atoms with Gasteiger partial charge in [-0.2, -0.15) is 0 Å². The molecule has 1 rings (SSSR count). The fraction of sp³-hybridized carbons (Fsp3) is 0.750. The predicted molar refractivity (Wildman–Crippen MR) is 71.0 cm³/mol. The molecule has 1 aromatic rings. The first-order chi connectivity index (χ1) is 7.37. The number of aromatic nitrogens is 1. The maximum Gasteiger partial charge on any atom is 0.0941 e. The molecule has 0 fully saturated rings. The van der Waals surface area contributed by atoms with Crippen molar-refractivity contribution in [3.8, 4) is 0 Å². The van der Waals surface area contributed by atoms with Crippen molar-refractivity contribution >= 4 is 11.3 Å². The second-order valence-corrected chi connectivity index (χ2v) is 6.33. The van der Waals surface area contributed by atoms with Gasteiger partial charge >= 0.3 is 0 Å². The van der Waals surface area contributed by atoms with E-state index in [-0.39, 0.29) is 5.54 Å².